The van der Waals surface area contributed by atoms with E-state index in [1.807, 2.05) is 35.5 Å². The summed E-state index contributed by atoms with van der Waals surface area (Å²) < 4.78 is 0. The molecule has 5 heteroatoms. The van der Waals surface area contributed by atoms with Crippen LogP contribution in [-0.2, 0) is 17.9 Å². The number of benzene rings is 1. The highest BCUT2D eigenvalue weighted by atomic mass is 32.1. The van der Waals surface area contributed by atoms with Crippen LogP contribution in [0.2, 0.25) is 0 Å². The Morgan fingerprint density at radius 2 is 2.12 bits per heavy atom. The summed E-state index contributed by atoms with van der Waals surface area (Å²) in [7, 11) is 2.12. The first-order valence-electron chi connectivity index (χ1n) is 8.54. The number of thiazole rings is 1. The van der Waals surface area contributed by atoms with Gasteiger partial charge < -0.3 is 9.80 Å². The van der Waals surface area contributed by atoms with E-state index in [2.05, 4.69) is 29.1 Å². The van der Waals surface area contributed by atoms with Crippen LogP contribution < -0.4 is 0 Å². The minimum Gasteiger partial charge on any atom is -0.333 e. The Morgan fingerprint density at radius 1 is 1.33 bits per heavy atom. The molecule has 1 aromatic carbocycles. The SMILES string of the molecule is Cc1ncsc1CN(Cc1ccccc1)C(=O)C[C@@H]1CCCN1C. The second-order valence-electron chi connectivity index (χ2n) is 6.58. The van der Waals surface area contributed by atoms with E-state index in [1.165, 1.54) is 16.9 Å². The molecule has 1 atom stereocenters. The van der Waals surface area contributed by atoms with Crippen molar-refractivity contribution in [1.82, 2.24) is 14.8 Å². The molecule has 4 nitrogen and oxygen atoms in total. The Hall–Kier alpha value is -1.72. The third-order valence-corrected chi connectivity index (χ3v) is 5.75. The number of carbonyl (C=O) groups is 1. The fourth-order valence-corrected chi connectivity index (χ4v) is 4.05. The Labute approximate surface area is 148 Å². The van der Waals surface area contributed by atoms with Gasteiger partial charge in [0, 0.05) is 23.9 Å². The molecule has 1 aliphatic heterocycles. The molecule has 1 aliphatic rings. The Kier molecular flexibility index (Phi) is 5.63. The molecule has 24 heavy (non-hydrogen) atoms. The van der Waals surface area contributed by atoms with E-state index in [9.17, 15) is 4.79 Å². The van der Waals surface area contributed by atoms with Gasteiger partial charge in [-0.05, 0) is 38.9 Å². The van der Waals surface area contributed by atoms with E-state index >= 15 is 0 Å². The van der Waals surface area contributed by atoms with Crippen LogP contribution >= 0.6 is 11.3 Å². The summed E-state index contributed by atoms with van der Waals surface area (Å²) in [6, 6.07) is 10.6. The predicted octanol–water partition coefficient (Wildman–Crippen LogP) is 3.46. The number of rotatable bonds is 6. The summed E-state index contributed by atoms with van der Waals surface area (Å²) in [5, 5.41) is 0. The van der Waals surface area contributed by atoms with Gasteiger partial charge in [-0.2, -0.15) is 0 Å². The molecule has 2 aromatic rings. The van der Waals surface area contributed by atoms with Crippen LogP contribution in [0.15, 0.2) is 35.8 Å². The number of aryl methyl sites for hydroxylation is 1. The molecule has 3 rings (SSSR count). The highest BCUT2D eigenvalue weighted by Crippen LogP contribution is 2.22. The predicted molar refractivity (Wildman–Crippen MR) is 97.8 cm³/mol. The molecule has 0 bridgehead atoms. The van der Waals surface area contributed by atoms with Crippen molar-refractivity contribution in [3.63, 3.8) is 0 Å². The summed E-state index contributed by atoms with van der Waals surface area (Å²) >= 11 is 1.63. The number of nitrogens with zero attached hydrogens (tertiary/aromatic N) is 3. The third-order valence-electron chi connectivity index (χ3n) is 4.83. The van der Waals surface area contributed by atoms with Crippen LogP contribution in [0.1, 0.15) is 35.4 Å². The van der Waals surface area contributed by atoms with Gasteiger partial charge in [-0.15, -0.1) is 11.3 Å². The lowest BCUT2D eigenvalue weighted by atomic mass is 10.1. The first kappa shape index (κ1) is 17.1. The summed E-state index contributed by atoms with van der Waals surface area (Å²) in [6.07, 6.45) is 2.93. The molecule has 1 aromatic heterocycles. The molecule has 0 spiro atoms. The number of hydrogen-bond acceptors (Lipinski definition) is 4. The number of carbonyl (C=O) groups excluding carboxylic acids is 1. The molecule has 1 amide bonds. The molecule has 0 radical (unpaired) electrons. The largest absolute Gasteiger partial charge is 0.333 e. The van der Waals surface area contributed by atoms with Crippen LogP contribution in [-0.4, -0.2) is 40.3 Å². The van der Waals surface area contributed by atoms with Gasteiger partial charge in [-0.3, -0.25) is 4.79 Å². The van der Waals surface area contributed by atoms with Crippen molar-refractivity contribution in [2.75, 3.05) is 13.6 Å². The van der Waals surface area contributed by atoms with Crippen molar-refractivity contribution in [3.8, 4) is 0 Å². The van der Waals surface area contributed by atoms with E-state index in [4.69, 9.17) is 0 Å². The topological polar surface area (TPSA) is 36.4 Å². The standard InChI is InChI=1S/C19H25N3OS/c1-15-18(24-14-20-15)13-22(12-16-7-4-3-5-8-16)19(23)11-17-9-6-10-21(17)2/h3-5,7-8,14,17H,6,9-13H2,1-2H3/t17-/m0/s1. The minimum absolute atomic E-state index is 0.241. The maximum absolute atomic E-state index is 13.0. The van der Waals surface area contributed by atoms with Crippen LogP contribution in [0.5, 0.6) is 0 Å². The van der Waals surface area contributed by atoms with Gasteiger partial charge in [0.2, 0.25) is 5.91 Å². The second kappa shape index (κ2) is 7.90. The maximum atomic E-state index is 13.0. The normalized spacial score (nSPS) is 18.0. The van der Waals surface area contributed by atoms with E-state index in [-0.39, 0.29) is 5.91 Å². The number of likely N-dealkylation sites (tertiary alicyclic amines) is 1. The van der Waals surface area contributed by atoms with Crippen molar-refractivity contribution in [2.24, 2.45) is 0 Å². The molecule has 2 heterocycles. The molecular weight excluding hydrogens is 318 g/mol. The summed E-state index contributed by atoms with van der Waals surface area (Å²) in [6.45, 7) is 4.43. The lowest BCUT2D eigenvalue weighted by Crippen LogP contribution is -2.36. The third kappa shape index (κ3) is 4.22. The maximum Gasteiger partial charge on any atom is 0.224 e. The van der Waals surface area contributed by atoms with Gasteiger partial charge in [-0.25, -0.2) is 4.98 Å². The summed E-state index contributed by atoms with van der Waals surface area (Å²) in [5.41, 5.74) is 4.07. The average molecular weight is 343 g/mol. The van der Waals surface area contributed by atoms with Crippen molar-refractivity contribution in [2.45, 2.75) is 45.3 Å². The van der Waals surface area contributed by atoms with Crippen molar-refractivity contribution in [1.29, 1.82) is 0 Å². The Morgan fingerprint density at radius 3 is 2.75 bits per heavy atom. The van der Waals surface area contributed by atoms with E-state index in [0.717, 1.165) is 18.7 Å². The first-order chi connectivity index (χ1) is 11.6. The quantitative estimate of drug-likeness (QED) is 0.806. The summed E-state index contributed by atoms with van der Waals surface area (Å²) in [5.74, 6) is 0.241. The number of aromatic nitrogens is 1. The zero-order valence-electron chi connectivity index (χ0n) is 14.4. The lowest BCUT2D eigenvalue weighted by Gasteiger charge is -2.26. The highest BCUT2D eigenvalue weighted by Gasteiger charge is 2.26. The lowest BCUT2D eigenvalue weighted by molar-refractivity contribution is -0.133. The fourth-order valence-electron chi connectivity index (χ4n) is 3.26. The van der Waals surface area contributed by atoms with Crippen LogP contribution in [0.3, 0.4) is 0 Å². The molecule has 0 aliphatic carbocycles. The molecule has 0 saturated carbocycles. The average Bonchev–Trinajstić information content (AvgIpc) is 3.17. The van der Waals surface area contributed by atoms with Gasteiger partial charge in [-0.1, -0.05) is 30.3 Å². The molecule has 0 unspecified atom stereocenters. The van der Waals surface area contributed by atoms with Gasteiger partial charge >= 0.3 is 0 Å². The summed E-state index contributed by atoms with van der Waals surface area (Å²) in [4.78, 5) is 22.8. The smallest absolute Gasteiger partial charge is 0.224 e. The van der Waals surface area contributed by atoms with Crippen LogP contribution in [0, 0.1) is 6.92 Å². The molecular formula is C19H25N3OS. The van der Waals surface area contributed by atoms with Gasteiger partial charge in [0.1, 0.15) is 0 Å². The van der Waals surface area contributed by atoms with E-state index < -0.39 is 0 Å². The molecule has 128 valence electrons. The molecule has 1 saturated heterocycles. The second-order valence-corrected chi connectivity index (χ2v) is 7.52. The van der Waals surface area contributed by atoms with Gasteiger partial charge in [0.25, 0.3) is 0 Å². The van der Waals surface area contributed by atoms with Crippen LogP contribution in [0.25, 0.3) is 0 Å². The molecule has 0 N–H and O–H groups in total. The van der Waals surface area contributed by atoms with Crippen molar-refractivity contribution < 1.29 is 4.79 Å². The van der Waals surface area contributed by atoms with Gasteiger partial charge in [0.15, 0.2) is 0 Å². The number of hydrogen-bond donors (Lipinski definition) is 0. The fraction of sp³-hybridized carbons (Fsp3) is 0.474. The Balaban J connectivity index is 1.73. The highest BCUT2D eigenvalue weighted by molar-refractivity contribution is 7.09. The molecule has 1 fully saturated rings. The number of amides is 1. The van der Waals surface area contributed by atoms with Crippen molar-refractivity contribution >= 4 is 17.2 Å². The zero-order valence-corrected chi connectivity index (χ0v) is 15.3. The van der Waals surface area contributed by atoms with E-state index in [0.29, 0.717) is 25.6 Å². The monoisotopic (exact) mass is 343 g/mol. The minimum atomic E-state index is 0.241. The van der Waals surface area contributed by atoms with Crippen molar-refractivity contribution in [3.05, 3.63) is 52.0 Å². The Bertz CT molecular complexity index is 670. The van der Waals surface area contributed by atoms with E-state index in [1.54, 1.807) is 11.3 Å². The first-order valence-corrected chi connectivity index (χ1v) is 9.42. The van der Waals surface area contributed by atoms with Crippen LogP contribution in [0.4, 0.5) is 0 Å². The van der Waals surface area contributed by atoms with Gasteiger partial charge in [0.05, 0.1) is 17.7 Å². The zero-order chi connectivity index (χ0) is 16.9.